The minimum absolute atomic E-state index is 0.0182. The molecule has 2 aliphatic carbocycles. The first kappa shape index (κ1) is 27.5. The van der Waals surface area contributed by atoms with Crippen molar-refractivity contribution in [2.24, 2.45) is 5.92 Å². The van der Waals surface area contributed by atoms with Gasteiger partial charge in [-0.1, -0.05) is 19.3 Å². The fourth-order valence-corrected chi connectivity index (χ4v) is 5.63. The number of hydrogen-bond acceptors (Lipinski definition) is 5. The van der Waals surface area contributed by atoms with Gasteiger partial charge in [0.15, 0.2) is 0 Å². The molecule has 38 heavy (non-hydrogen) atoms. The van der Waals surface area contributed by atoms with Crippen molar-refractivity contribution in [1.29, 1.82) is 0 Å². The number of carbonyl (C=O) groups excluding carboxylic acids is 3. The van der Waals surface area contributed by atoms with Crippen LogP contribution in [0.15, 0.2) is 24.4 Å². The number of ketones is 1. The van der Waals surface area contributed by atoms with Gasteiger partial charge >= 0.3 is 5.97 Å². The molecule has 0 bridgehead atoms. The third-order valence-corrected chi connectivity index (χ3v) is 7.66. The number of carboxylic acids is 1. The number of methoxy groups -OCH3 is 1. The van der Waals surface area contributed by atoms with Crippen molar-refractivity contribution >= 4 is 34.5 Å². The van der Waals surface area contributed by atoms with Gasteiger partial charge in [0.05, 0.1) is 12.7 Å². The number of rotatable bonds is 9. The molecule has 0 saturated heterocycles. The van der Waals surface area contributed by atoms with Crippen molar-refractivity contribution in [3.63, 3.8) is 0 Å². The van der Waals surface area contributed by atoms with Gasteiger partial charge in [0.25, 0.3) is 11.7 Å². The van der Waals surface area contributed by atoms with Gasteiger partial charge in [0, 0.05) is 42.0 Å². The number of H-pyrrole nitrogens is 1. The summed E-state index contributed by atoms with van der Waals surface area (Å²) in [5.74, 6) is -7.22. The number of amides is 2. The van der Waals surface area contributed by atoms with E-state index in [1.165, 1.54) is 13.3 Å². The smallest absolute Gasteiger partial charge is 0.323 e. The molecule has 206 valence electrons. The third-order valence-electron chi connectivity index (χ3n) is 7.66. The normalized spacial score (nSPS) is 19.0. The molecule has 2 fully saturated rings. The first-order valence-electron chi connectivity index (χ1n) is 13.0. The molecule has 2 aliphatic rings. The predicted octanol–water partition coefficient (Wildman–Crippen LogP) is 3.92. The van der Waals surface area contributed by atoms with Gasteiger partial charge in [0.2, 0.25) is 11.8 Å². The number of carbonyl (C=O) groups is 4. The predicted molar refractivity (Wildman–Crippen MR) is 134 cm³/mol. The Bertz CT molecular complexity index is 1200. The van der Waals surface area contributed by atoms with Crippen LogP contribution in [0, 0.1) is 5.92 Å². The lowest BCUT2D eigenvalue weighted by Gasteiger charge is -2.39. The van der Waals surface area contributed by atoms with E-state index in [1.54, 1.807) is 18.2 Å². The second-order valence-corrected chi connectivity index (χ2v) is 10.3. The Balaban J connectivity index is 1.66. The van der Waals surface area contributed by atoms with Crippen molar-refractivity contribution in [2.45, 2.75) is 75.8 Å². The van der Waals surface area contributed by atoms with Crippen LogP contribution >= 0.6 is 0 Å². The fraction of sp³-hybridized carbons (Fsp3) is 0.556. The van der Waals surface area contributed by atoms with Crippen LogP contribution in [-0.4, -0.2) is 70.2 Å². The maximum atomic E-state index is 14.0. The molecule has 1 heterocycles. The van der Waals surface area contributed by atoms with Crippen LogP contribution in [0.4, 0.5) is 8.78 Å². The van der Waals surface area contributed by atoms with Crippen LogP contribution in [0.25, 0.3) is 10.9 Å². The highest BCUT2D eigenvalue weighted by molar-refractivity contribution is 6.45. The Labute approximate surface area is 218 Å². The Hall–Kier alpha value is -3.50. The summed E-state index contributed by atoms with van der Waals surface area (Å²) in [6, 6.07) is 3.36. The molecular weight excluding hydrogens is 500 g/mol. The number of nitrogens with one attached hydrogen (secondary N) is 2. The molecule has 0 spiro atoms. The van der Waals surface area contributed by atoms with E-state index in [2.05, 4.69) is 10.3 Å². The van der Waals surface area contributed by atoms with Crippen LogP contribution in [0.5, 0.6) is 5.75 Å². The zero-order valence-corrected chi connectivity index (χ0v) is 21.3. The molecule has 1 atom stereocenters. The minimum Gasteiger partial charge on any atom is -0.497 e. The number of aliphatic carboxylic acids is 1. The summed E-state index contributed by atoms with van der Waals surface area (Å²) in [5, 5.41) is 13.0. The quantitative estimate of drug-likeness (QED) is 0.331. The molecular formula is C27H33F2N3O6. The monoisotopic (exact) mass is 533 g/mol. The average molecular weight is 534 g/mol. The van der Waals surface area contributed by atoms with Crippen LogP contribution in [0.1, 0.15) is 68.1 Å². The number of Topliss-reactive ketones (excluding diaryl/α,β-unsaturated/α-hetero) is 1. The van der Waals surface area contributed by atoms with Crippen LogP contribution in [-0.2, 0) is 14.4 Å². The summed E-state index contributed by atoms with van der Waals surface area (Å²) in [7, 11) is 1.49. The van der Waals surface area contributed by atoms with E-state index in [0.717, 1.165) is 37.0 Å². The number of ether oxygens (including phenoxy) is 1. The third kappa shape index (κ3) is 6.14. The summed E-state index contributed by atoms with van der Waals surface area (Å²) in [5.41, 5.74) is 0.552. The van der Waals surface area contributed by atoms with Crippen LogP contribution in [0.3, 0.4) is 0 Å². The molecule has 9 nitrogen and oxygen atoms in total. The molecule has 1 aromatic heterocycles. The minimum atomic E-state index is -2.89. The van der Waals surface area contributed by atoms with Crippen molar-refractivity contribution in [1.82, 2.24) is 15.2 Å². The molecule has 2 aromatic rings. The standard InChI is InChI=1S/C27H33F2N3O6/c1-38-18-7-8-19-20(14-30-21(19)13-18)24(35)26(37)32(15-22(33)34)23(16-9-11-27(28,29)12-10-16)25(36)31-17-5-3-2-4-6-17/h7-8,13-14,16-17,23,30H,2-6,9-12,15H2,1H3,(H,31,36)(H,33,34). The van der Waals surface area contributed by atoms with Gasteiger partial charge in [-0.3, -0.25) is 19.2 Å². The maximum Gasteiger partial charge on any atom is 0.323 e. The number of halogens is 2. The second kappa shape index (κ2) is 11.5. The highest BCUT2D eigenvalue weighted by atomic mass is 19.3. The van der Waals surface area contributed by atoms with Crippen LogP contribution in [0.2, 0.25) is 0 Å². The first-order chi connectivity index (χ1) is 18.1. The Morgan fingerprint density at radius 1 is 1.13 bits per heavy atom. The molecule has 2 saturated carbocycles. The molecule has 2 amide bonds. The number of aromatic amines is 1. The average Bonchev–Trinajstić information content (AvgIpc) is 3.32. The van der Waals surface area contributed by atoms with Gasteiger partial charge in [0.1, 0.15) is 18.3 Å². The Morgan fingerprint density at radius 2 is 1.82 bits per heavy atom. The zero-order chi connectivity index (χ0) is 27.4. The molecule has 0 aliphatic heterocycles. The lowest BCUT2D eigenvalue weighted by Crippen LogP contribution is -2.58. The van der Waals surface area contributed by atoms with Crippen molar-refractivity contribution < 1.29 is 37.8 Å². The number of hydrogen-bond donors (Lipinski definition) is 3. The topological polar surface area (TPSA) is 129 Å². The largest absolute Gasteiger partial charge is 0.497 e. The van der Waals surface area contributed by atoms with Gasteiger partial charge in [-0.2, -0.15) is 0 Å². The van der Waals surface area contributed by atoms with Gasteiger partial charge in [-0.15, -0.1) is 0 Å². The van der Waals surface area contributed by atoms with Crippen molar-refractivity contribution in [2.75, 3.05) is 13.7 Å². The van der Waals surface area contributed by atoms with E-state index in [4.69, 9.17) is 4.74 Å². The number of benzene rings is 1. The maximum absolute atomic E-state index is 14.0. The molecule has 11 heteroatoms. The summed E-state index contributed by atoms with van der Waals surface area (Å²) >= 11 is 0. The lowest BCUT2D eigenvalue weighted by molar-refractivity contribution is -0.150. The molecule has 3 N–H and O–H groups in total. The van der Waals surface area contributed by atoms with Gasteiger partial charge in [-0.25, -0.2) is 8.78 Å². The van der Waals surface area contributed by atoms with Gasteiger partial charge in [-0.05, 0) is 43.7 Å². The Morgan fingerprint density at radius 3 is 2.45 bits per heavy atom. The molecule has 1 aromatic carbocycles. The summed E-state index contributed by atoms with van der Waals surface area (Å²) < 4.78 is 33.1. The number of fused-ring (bicyclic) bond motifs is 1. The van der Waals surface area contributed by atoms with Gasteiger partial charge < -0.3 is 25.0 Å². The van der Waals surface area contributed by atoms with E-state index < -0.39 is 60.8 Å². The number of alkyl halides is 2. The van der Waals surface area contributed by atoms with Crippen molar-refractivity contribution in [3.8, 4) is 5.75 Å². The Kier molecular flexibility index (Phi) is 8.32. The number of aromatic nitrogens is 1. The summed E-state index contributed by atoms with van der Waals surface area (Å²) in [4.78, 5) is 56.1. The highest BCUT2D eigenvalue weighted by Crippen LogP contribution is 2.39. The van der Waals surface area contributed by atoms with Crippen molar-refractivity contribution in [3.05, 3.63) is 30.0 Å². The lowest BCUT2D eigenvalue weighted by atomic mass is 9.80. The highest BCUT2D eigenvalue weighted by Gasteiger charge is 2.45. The van der Waals surface area contributed by atoms with E-state index in [0.29, 0.717) is 16.7 Å². The summed E-state index contributed by atoms with van der Waals surface area (Å²) in [6.07, 6.45) is 4.64. The molecule has 1 unspecified atom stereocenters. The van der Waals surface area contributed by atoms with E-state index in [9.17, 15) is 33.1 Å². The number of carboxylic acid groups (broad SMARTS) is 1. The van der Waals surface area contributed by atoms with E-state index in [1.807, 2.05) is 0 Å². The van der Waals surface area contributed by atoms with E-state index >= 15 is 0 Å². The zero-order valence-electron chi connectivity index (χ0n) is 21.3. The molecule has 0 radical (unpaired) electrons. The fourth-order valence-electron chi connectivity index (χ4n) is 5.63. The first-order valence-corrected chi connectivity index (χ1v) is 13.0. The van der Waals surface area contributed by atoms with Crippen LogP contribution < -0.4 is 10.1 Å². The van der Waals surface area contributed by atoms with E-state index in [-0.39, 0.29) is 24.4 Å². The summed E-state index contributed by atoms with van der Waals surface area (Å²) in [6.45, 7) is -0.906. The SMILES string of the molecule is COc1ccc2c(C(=O)C(=O)N(CC(=O)O)C(C(=O)NC3CCCCC3)C3CCC(F)(F)CC3)c[nH]c2c1. The molecule has 4 rings (SSSR count). The number of nitrogens with zero attached hydrogens (tertiary/aromatic N) is 1. The second-order valence-electron chi connectivity index (χ2n) is 10.3.